The summed E-state index contributed by atoms with van der Waals surface area (Å²) in [5, 5.41) is 11.9. The minimum atomic E-state index is -0.664. The van der Waals surface area contributed by atoms with Crippen LogP contribution in [0.2, 0.25) is 0 Å². The molecular weight excluding hydrogens is 309 g/mol. The van der Waals surface area contributed by atoms with Crippen molar-refractivity contribution in [3.63, 3.8) is 0 Å². The molecule has 3 N–H and O–H groups in total. The molecular formula is C18H26FN3O2. The summed E-state index contributed by atoms with van der Waals surface area (Å²) < 4.78 is 14.4. The molecule has 1 fully saturated rings. The molecule has 1 aromatic rings. The summed E-state index contributed by atoms with van der Waals surface area (Å²) in [5.74, 6) is -0.201. The van der Waals surface area contributed by atoms with Crippen LogP contribution in [0, 0.1) is 11.7 Å². The predicted molar refractivity (Wildman–Crippen MR) is 89.4 cm³/mol. The van der Waals surface area contributed by atoms with Crippen LogP contribution in [0.1, 0.15) is 47.2 Å². The zero-order chi connectivity index (χ0) is 17.1. The summed E-state index contributed by atoms with van der Waals surface area (Å²) in [6, 6.07) is 3.48. The van der Waals surface area contributed by atoms with E-state index in [1.807, 2.05) is 7.05 Å². The van der Waals surface area contributed by atoms with Gasteiger partial charge in [-0.2, -0.15) is 0 Å². The van der Waals surface area contributed by atoms with Gasteiger partial charge < -0.3 is 5.32 Å². The molecule has 2 aliphatic rings. The van der Waals surface area contributed by atoms with E-state index in [2.05, 4.69) is 10.2 Å². The smallest absolute Gasteiger partial charge is 0.274 e. The SMILES string of the molecule is CNCCCC1CC(N2CCc3cc(C(=O)NO)cc(F)c3C2)C1. The van der Waals surface area contributed by atoms with Gasteiger partial charge in [-0.25, -0.2) is 9.87 Å². The standard InChI is InChI=1S/C18H26FN3O2/c1-20-5-2-3-12-7-15(8-12)22-6-4-13-9-14(18(23)21-24)10-17(19)16(13)11-22/h9-10,12,15,20,24H,2-8,11H2,1H3,(H,21,23). The highest BCUT2D eigenvalue weighted by molar-refractivity contribution is 5.93. The minimum absolute atomic E-state index is 0.176. The Hall–Kier alpha value is -1.50. The van der Waals surface area contributed by atoms with Gasteiger partial charge in [0.2, 0.25) is 0 Å². The van der Waals surface area contributed by atoms with Gasteiger partial charge >= 0.3 is 0 Å². The minimum Gasteiger partial charge on any atom is -0.320 e. The fraction of sp³-hybridized carbons (Fsp3) is 0.611. The third-order valence-corrected chi connectivity index (χ3v) is 5.45. The van der Waals surface area contributed by atoms with Crippen LogP contribution in [0.4, 0.5) is 4.39 Å². The summed E-state index contributed by atoms with van der Waals surface area (Å²) in [5.41, 5.74) is 3.33. The number of hydrogen-bond donors (Lipinski definition) is 3. The van der Waals surface area contributed by atoms with Gasteiger partial charge in [0.05, 0.1) is 0 Å². The predicted octanol–water partition coefficient (Wildman–Crippen LogP) is 2.08. The van der Waals surface area contributed by atoms with Crippen LogP contribution in [-0.2, 0) is 13.0 Å². The second-order valence-corrected chi connectivity index (χ2v) is 6.99. The van der Waals surface area contributed by atoms with Crippen molar-refractivity contribution in [2.45, 2.75) is 44.7 Å². The van der Waals surface area contributed by atoms with Crippen LogP contribution in [0.5, 0.6) is 0 Å². The van der Waals surface area contributed by atoms with E-state index in [1.165, 1.54) is 31.7 Å². The normalized spacial score (nSPS) is 23.5. The van der Waals surface area contributed by atoms with Crippen molar-refractivity contribution in [3.05, 3.63) is 34.6 Å². The molecule has 1 heterocycles. The lowest BCUT2D eigenvalue weighted by Crippen LogP contribution is -2.47. The Morgan fingerprint density at radius 1 is 1.42 bits per heavy atom. The van der Waals surface area contributed by atoms with Crippen LogP contribution < -0.4 is 10.8 Å². The number of amides is 1. The third kappa shape index (κ3) is 3.61. The van der Waals surface area contributed by atoms with Crippen molar-refractivity contribution in [2.75, 3.05) is 20.1 Å². The van der Waals surface area contributed by atoms with Crippen molar-refractivity contribution < 1.29 is 14.4 Å². The van der Waals surface area contributed by atoms with Gasteiger partial charge in [0, 0.05) is 30.3 Å². The Morgan fingerprint density at radius 3 is 2.92 bits per heavy atom. The van der Waals surface area contributed by atoms with E-state index >= 15 is 0 Å². The molecule has 1 aliphatic heterocycles. The topological polar surface area (TPSA) is 64.6 Å². The molecule has 1 saturated carbocycles. The number of nitrogens with one attached hydrogen (secondary N) is 2. The molecule has 0 radical (unpaired) electrons. The van der Waals surface area contributed by atoms with Crippen molar-refractivity contribution >= 4 is 5.91 Å². The molecule has 5 nitrogen and oxygen atoms in total. The van der Waals surface area contributed by atoms with Crippen LogP contribution in [-0.4, -0.2) is 42.2 Å². The summed E-state index contributed by atoms with van der Waals surface area (Å²) in [6.45, 7) is 2.61. The van der Waals surface area contributed by atoms with E-state index in [0.29, 0.717) is 18.2 Å². The third-order valence-electron chi connectivity index (χ3n) is 5.45. The van der Waals surface area contributed by atoms with E-state index in [9.17, 15) is 9.18 Å². The molecule has 0 unspecified atom stereocenters. The zero-order valence-electron chi connectivity index (χ0n) is 14.1. The van der Waals surface area contributed by atoms with Crippen LogP contribution in [0.15, 0.2) is 12.1 Å². The van der Waals surface area contributed by atoms with Gasteiger partial charge in [0.15, 0.2) is 0 Å². The fourth-order valence-electron chi connectivity index (χ4n) is 3.95. The average molecular weight is 335 g/mol. The maximum absolute atomic E-state index is 14.4. The Labute approximate surface area is 142 Å². The van der Waals surface area contributed by atoms with E-state index in [-0.39, 0.29) is 11.4 Å². The molecule has 0 aromatic heterocycles. The molecule has 3 rings (SSSR count). The van der Waals surface area contributed by atoms with Crippen molar-refractivity contribution in [1.82, 2.24) is 15.7 Å². The Bertz CT molecular complexity index is 602. The van der Waals surface area contributed by atoms with Crippen LogP contribution in [0.3, 0.4) is 0 Å². The monoisotopic (exact) mass is 335 g/mol. The quantitative estimate of drug-likeness (QED) is 0.423. The van der Waals surface area contributed by atoms with Gasteiger partial charge in [-0.1, -0.05) is 0 Å². The number of fused-ring (bicyclic) bond motifs is 1. The lowest BCUT2D eigenvalue weighted by Gasteiger charge is -2.45. The Kier molecular flexibility index (Phi) is 5.48. The summed E-state index contributed by atoms with van der Waals surface area (Å²) in [4.78, 5) is 13.9. The number of carbonyl (C=O) groups is 1. The first-order chi connectivity index (χ1) is 11.6. The van der Waals surface area contributed by atoms with Gasteiger partial charge in [0.1, 0.15) is 5.82 Å². The number of hydroxylamine groups is 1. The van der Waals surface area contributed by atoms with Gasteiger partial charge in [0.25, 0.3) is 5.91 Å². The van der Waals surface area contributed by atoms with E-state index in [1.54, 1.807) is 11.5 Å². The maximum atomic E-state index is 14.4. The van der Waals surface area contributed by atoms with Gasteiger partial charge in [-0.15, -0.1) is 0 Å². The van der Waals surface area contributed by atoms with Crippen molar-refractivity contribution in [1.29, 1.82) is 0 Å². The largest absolute Gasteiger partial charge is 0.320 e. The second kappa shape index (κ2) is 7.59. The second-order valence-electron chi connectivity index (χ2n) is 6.99. The Balaban J connectivity index is 1.59. The lowest BCUT2D eigenvalue weighted by atomic mass is 9.76. The van der Waals surface area contributed by atoms with E-state index < -0.39 is 5.91 Å². The molecule has 6 heteroatoms. The number of nitrogens with zero attached hydrogens (tertiary/aromatic N) is 1. The summed E-state index contributed by atoms with van der Waals surface area (Å²) in [7, 11) is 1.99. The highest BCUT2D eigenvalue weighted by Gasteiger charge is 2.35. The summed E-state index contributed by atoms with van der Waals surface area (Å²) in [6.07, 6.45) is 5.67. The van der Waals surface area contributed by atoms with Gasteiger partial charge in [-0.05, 0) is 69.3 Å². The number of carbonyl (C=O) groups excluding carboxylic acids is 1. The first-order valence-corrected chi connectivity index (χ1v) is 8.76. The number of benzene rings is 1. The molecule has 0 bridgehead atoms. The van der Waals surface area contributed by atoms with E-state index in [0.717, 1.165) is 31.0 Å². The molecule has 132 valence electrons. The molecule has 1 aliphatic carbocycles. The number of halogens is 1. The van der Waals surface area contributed by atoms with E-state index in [4.69, 9.17) is 5.21 Å². The molecule has 0 saturated heterocycles. The van der Waals surface area contributed by atoms with Crippen molar-refractivity contribution in [2.24, 2.45) is 5.92 Å². The number of rotatable bonds is 6. The Morgan fingerprint density at radius 2 is 2.21 bits per heavy atom. The zero-order valence-corrected chi connectivity index (χ0v) is 14.1. The molecule has 0 spiro atoms. The van der Waals surface area contributed by atoms with Crippen LogP contribution in [0.25, 0.3) is 0 Å². The maximum Gasteiger partial charge on any atom is 0.274 e. The van der Waals surface area contributed by atoms with Gasteiger partial charge in [-0.3, -0.25) is 14.9 Å². The molecule has 1 aromatic carbocycles. The molecule has 0 atom stereocenters. The molecule has 24 heavy (non-hydrogen) atoms. The lowest BCUT2D eigenvalue weighted by molar-refractivity contribution is 0.0611. The first-order valence-electron chi connectivity index (χ1n) is 8.76. The molecule has 1 amide bonds. The highest BCUT2D eigenvalue weighted by Crippen LogP contribution is 2.37. The summed E-state index contributed by atoms with van der Waals surface area (Å²) >= 11 is 0. The van der Waals surface area contributed by atoms with Crippen LogP contribution >= 0.6 is 0 Å². The average Bonchev–Trinajstić information content (AvgIpc) is 2.56. The highest BCUT2D eigenvalue weighted by atomic mass is 19.1. The fourth-order valence-corrected chi connectivity index (χ4v) is 3.95. The number of hydrogen-bond acceptors (Lipinski definition) is 4. The van der Waals surface area contributed by atoms with Crippen molar-refractivity contribution in [3.8, 4) is 0 Å². The first kappa shape index (κ1) is 17.3.